The Bertz CT molecular complexity index is 594. The number of rotatable bonds is 3. The Morgan fingerprint density at radius 3 is 2.62 bits per heavy atom. The van der Waals surface area contributed by atoms with Crippen molar-refractivity contribution in [2.24, 2.45) is 5.41 Å². The first-order valence-electron chi connectivity index (χ1n) is 8.84. The Morgan fingerprint density at radius 2 is 2.12 bits per heavy atom. The topological polar surface area (TPSA) is 75.8 Å². The molecule has 0 bridgehead atoms. The number of carbonyl (C=O) groups is 1. The molecule has 1 N–H and O–H groups in total. The lowest BCUT2D eigenvalue weighted by molar-refractivity contribution is -0.207. The van der Waals surface area contributed by atoms with Crippen molar-refractivity contribution in [1.82, 2.24) is 10.1 Å². The van der Waals surface area contributed by atoms with E-state index < -0.39 is 0 Å². The average Bonchev–Trinajstić information content (AvgIpc) is 3.04. The number of carbonyl (C=O) groups excluding carboxylic acids is 1. The number of hydrogen-bond acceptors (Lipinski definition) is 5. The van der Waals surface area contributed by atoms with E-state index in [4.69, 9.17) is 9.26 Å². The third-order valence-corrected chi connectivity index (χ3v) is 5.56. The largest absolute Gasteiger partial charge is 0.392 e. The summed E-state index contributed by atoms with van der Waals surface area (Å²) in [6, 6.07) is 1.74. The van der Waals surface area contributed by atoms with Crippen molar-refractivity contribution >= 4 is 5.91 Å². The summed E-state index contributed by atoms with van der Waals surface area (Å²) in [6.07, 6.45) is 2.06. The number of hydrogen-bond donors (Lipinski definition) is 1. The van der Waals surface area contributed by atoms with Gasteiger partial charge in [-0.25, -0.2) is 0 Å². The number of amides is 1. The molecule has 2 fully saturated rings. The van der Waals surface area contributed by atoms with Gasteiger partial charge in [-0.3, -0.25) is 4.79 Å². The summed E-state index contributed by atoms with van der Waals surface area (Å²) < 4.78 is 11.1. The molecule has 1 spiro atoms. The van der Waals surface area contributed by atoms with Crippen LogP contribution in [0.1, 0.15) is 63.2 Å². The molecule has 0 radical (unpaired) electrons. The van der Waals surface area contributed by atoms with Crippen LogP contribution in [0.5, 0.6) is 0 Å². The number of piperidine rings is 1. The quantitative estimate of drug-likeness (QED) is 0.917. The second-order valence-corrected chi connectivity index (χ2v) is 8.05. The van der Waals surface area contributed by atoms with Crippen molar-refractivity contribution in [3.63, 3.8) is 0 Å². The van der Waals surface area contributed by atoms with E-state index in [0.717, 1.165) is 12.8 Å². The second-order valence-electron chi connectivity index (χ2n) is 8.05. The first-order valence-corrected chi connectivity index (χ1v) is 8.84. The minimum Gasteiger partial charge on any atom is -0.392 e. The van der Waals surface area contributed by atoms with Gasteiger partial charge in [0.2, 0.25) is 0 Å². The number of likely N-dealkylation sites (tertiary alicyclic amines) is 1. The normalized spacial score (nSPS) is 26.5. The van der Waals surface area contributed by atoms with E-state index >= 15 is 0 Å². The highest BCUT2D eigenvalue weighted by molar-refractivity contribution is 5.92. The van der Waals surface area contributed by atoms with Crippen LogP contribution in [0.4, 0.5) is 0 Å². The molecule has 6 heteroatoms. The van der Waals surface area contributed by atoms with Gasteiger partial charge < -0.3 is 19.3 Å². The monoisotopic (exact) mass is 336 g/mol. The molecule has 1 aromatic rings. The molecule has 1 saturated heterocycles. The maximum absolute atomic E-state index is 12.7. The van der Waals surface area contributed by atoms with Crippen molar-refractivity contribution in [1.29, 1.82) is 0 Å². The van der Waals surface area contributed by atoms with Gasteiger partial charge in [-0.1, -0.05) is 25.9 Å². The first kappa shape index (κ1) is 17.4. The van der Waals surface area contributed by atoms with Crippen LogP contribution in [0.15, 0.2) is 10.6 Å². The zero-order valence-electron chi connectivity index (χ0n) is 15.0. The molecule has 1 saturated carbocycles. The fraction of sp³-hybridized carbons (Fsp3) is 0.778. The van der Waals surface area contributed by atoms with E-state index in [2.05, 4.69) is 5.16 Å². The number of aromatic nitrogens is 1. The zero-order valence-corrected chi connectivity index (χ0v) is 15.0. The van der Waals surface area contributed by atoms with Crippen LogP contribution in [-0.4, -0.2) is 53.0 Å². The predicted molar refractivity (Wildman–Crippen MR) is 88.8 cm³/mol. The van der Waals surface area contributed by atoms with E-state index in [9.17, 15) is 9.90 Å². The van der Waals surface area contributed by atoms with Crippen molar-refractivity contribution in [3.05, 3.63) is 17.5 Å². The molecule has 0 unspecified atom stereocenters. The Balaban J connectivity index is 1.64. The Labute approximate surface area is 143 Å². The van der Waals surface area contributed by atoms with Gasteiger partial charge in [-0.2, -0.15) is 0 Å². The molecule has 1 aliphatic carbocycles. The summed E-state index contributed by atoms with van der Waals surface area (Å²) in [5.41, 5.74) is 0.0252. The van der Waals surface area contributed by atoms with Gasteiger partial charge >= 0.3 is 0 Å². The third kappa shape index (κ3) is 2.86. The Morgan fingerprint density at radius 1 is 1.46 bits per heavy atom. The smallest absolute Gasteiger partial charge is 0.276 e. The Kier molecular flexibility index (Phi) is 4.47. The molecule has 1 aromatic heterocycles. The third-order valence-electron chi connectivity index (χ3n) is 5.56. The average molecular weight is 336 g/mol. The number of nitrogens with zero attached hydrogens (tertiary/aromatic N) is 2. The molecule has 3 rings (SSSR count). The number of ether oxygens (including phenoxy) is 1. The summed E-state index contributed by atoms with van der Waals surface area (Å²) in [7, 11) is 0. The summed E-state index contributed by atoms with van der Waals surface area (Å²) >= 11 is 0. The van der Waals surface area contributed by atoms with Crippen LogP contribution >= 0.6 is 0 Å². The highest BCUT2D eigenvalue weighted by atomic mass is 16.5. The zero-order chi connectivity index (χ0) is 17.5. The lowest BCUT2D eigenvalue weighted by Gasteiger charge is -2.56. The van der Waals surface area contributed by atoms with Crippen LogP contribution in [0.2, 0.25) is 0 Å². The minimum absolute atomic E-state index is 0.0918. The molecule has 1 amide bonds. The van der Waals surface area contributed by atoms with Crippen LogP contribution in [-0.2, 0) is 10.2 Å². The molecular formula is C18H28N2O4. The number of aliphatic hydroxyl groups is 1. The maximum atomic E-state index is 12.7. The molecule has 2 heterocycles. The summed E-state index contributed by atoms with van der Waals surface area (Å²) in [6.45, 7) is 9.97. The van der Waals surface area contributed by atoms with Crippen molar-refractivity contribution in [2.45, 2.75) is 64.6 Å². The summed E-state index contributed by atoms with van der Waals surface area (Å²) in [5.74, 6) is 0.621. The highest BCUT2D eigenvalue weighted by Crippen LogP contribution is 2.51. The van der Waals surface area contributed by atoms with Crippen LogP contribution in [0, 0.1) is 5.41 Å². The second kappa shape index (κ2) is 6.15. The van der Waals surface area contributed by atoms with Gasteiger partial charge in [0.1, 0.15) is 5.76 Å². The molecule has 2 aliphatic rings. The number of aliphatic hydroxyl groups excluding tert-OH is 1. The summed E-state index contributed by atoms with van der Waals surface area (Å²) in [4.78, 5) is 14.5. The standard InChI is InChI=1S/C18H28N2O4/c1-5-23-15-11-13(21)18(15)6-8-20(9-7-18)16(22)12-10-14(24-19-12)17(2,3)4/h10,13,15,21H,5-9,11H2,1-4H3/t13-,15-/m0/s1. The van der Waals surface area contributed by atoms with Crippen molar-refractivity contribution in [3.8, 4) is 0 Å². The fourth-order valence-electron chi connectivity index (χ4n) is 3.83. The van der Waals surface area contributed by atoms with Crippen LogP contribution in [0.25, 0.3) is 0 Å². The van der Waals surface area contributed by atoms with Gasteiger partial charge in [0.25, 0.3) is 5.91 Å². The lowest BCUT2D eigenvalue weighted by atomic mass is 9.58. The fourth-order valence-corrected chi connectivity index (χ4v) is 3.83. The Hall–Kier alpha value is -1.40. The SMILES string of the molecule is CCO[C@H]1C[C@H](O)C12CCN(C(=O)c1cc(C(C)(C)C)on1)CC2. The van der Waals surface area contributed by atoms with E-state index in [1.54, 1.807) is 6.07 Å². The van der Waals surface area contributed by atoms with Crippen LogP contribution in [0.3, 0.4) is 0 Å². The summed E-state index contributed by atoms with van der Waals surface area (Å²) in [5, 5.41) is 14.2. The molecule has 0 aromatic carbocycles. The van der Waals surface area contributed by atoms with Gasteiger partial charge in [0.05, 0.1) is 12.2 Å². The van der Waals surface area contributed by atoms with Gasteiger partial charge in [-0.05, 0) is 19.8 Å². The lowest BCUT2D eigenvalue weighted by Crippen LogP contribution is -2.62. The molecular weight excluding hydrogens is 308 g/mol. The minimum atomic E-state index is -0.314. The molecule has 1 aliphatic heterocycles. The highest BCUT2D eigenvalue weighted by Gasteiger charge is 2.56. The van der Waals surface area contributed by atoms with Crippen molar-refractivity contribution < 1.29 is 19.2 Å². The predicted octanol–water partition coefficient (Wildman–Crippen LogP) is 2.36. The maximum Gasteiger partial charge on any atom is 0.276 e. The molecule has 2 atom stereocenters. The molecule has 24 heavy (non-hydrogen) atoms. The van der Waals surface area contributed by atoms with E-state index in [0.29, 0.717) is 37.6 Å². The van der Waals surface area contributed by atoms with Gasteiger partial charge in [0, 0.05) is 43.0 Å². The first-order chi connectivity index (χ1) is 11.3. The van der Waals surface area contributed by atoms with E-state index in [1.807, 2.05) is 32.6 Å². The van der Waals surface area contributed by atoms with E-state index in [-0.39, 0.29) is 28.9 Å². The van der Waals surface area contributed by atoms with Gasteiger partial charge in [0.15, 0.2) is 5.69 Å². The molecule has 134 valence electrons. The van der Waals surface area contributed by atoms with Crippen molar-refractivity contribution in [2.75, 3.05) is 19.7 Å². The van der Waals surface area contributed by atoms with E-state index in [1.165, 1.54) is 0 Å². The van der Waals surface area contributed by atoms with Gasteiger partial charge in [-0.15, -0.1) is 0 Å². The molecule has 6 nitrogen and oxygen atoms in total. The van der Waals surface area contributed by atoms with Crippen LogP contribution < -0.4 is 0 Å².